The second-order valence-corrected chi connectivity index (χ2v) is 9.63. The second kappa shape index (κ2) is 8.19. The predicted molar refractivity (Wildman–Crippen MR) is 118 cm³/mol. The first kappa shape index (κ1) is 20.9. The van der Waals surface area contributed by atoms with Gasteiger partial charge in [-0.25, -0.2) is 4.39 Å². The number of piperidine rings is 1. The van der Waals surface area contributed by atoms with Gasteiger partial charge in [0.2, 0.25) is 11.8 Å². The van der Waals surface area contributed by atoms with E-state index in [1.165, 1.54) is 12.1 Å². The number of likely N-dealkylation sites (tertiary alicyclic amines) is 1. The molecule has 2 bridgehead atoms. The van der Waals surface area contributed by atoms with Gasteiger partial charge in [-0.2, -0.15) is 0 Å². The van der Waals surface area contributed by atoms with Crippen LogP contribution in [0.2, 0.25) is 0 Å². The van der Waals surface area contributed by atoms with Crippen molar-refractivity contribution in [1.82, 2.24) is 14.8 Å². The van der Waals surface area contributed by atoms with Gasteiger partial charge in [0.15, 0.2) is 0 Å². The number of amides is 2. The van der Waals surface area contributed by atoms with Gasteiger partial charge in [0.1, 0.15) is 5.82 Å². The Kier molecular flexibility index (Phi) is 5.35. The van der Waals surface area contributed by atoms with Crippen LogP contribution >= 0.6 is 0 Å². The van der Waals surface area contributed by atoms with Gasteiger partial charge in [0.25, 0.3) is 5.56 Å². The number of nitrogens with zero attached hydrogens (tertiary/aromatic N) is 2. The third-order valence-corrected chi connectivity index (χ3v) is 7.34. The summed E-state index contributed by atoms with van der Waals surface area (Å²) < 4.78 is 15.2. The van der Waals surface area contributed by atoms with Crippen LogP contribution in [0.5, 0.6) is 0 Å². The van der Waals surface area contributed by atoms with Gasteiger partial charge in [-0.05, 0) is 55.4 Å². The van der Waals surface area contributed by atoms with Crippen LogP contribution < -0.4 is 10.9 Å². The van der Waals surface area contributed by atoms with Gasteiger partial charge < -0.3 is 14.8 Å². The summed E-state index contributed by atoms with van der Waals surface area (Å²) in [6.45, 7) is 1.98. The van der Waals surface area contributed by atoms with Crippen molar-refractivity contribution < 1.29 is 14.0 Å². The molecule has 1 unspecified atom stereocenters. The minimum Gasteiger partial charge on any atom is -0.350 e. The Morgan fingerprint density at radius 3 is 2.66 bits per heavy atom. The van der Waals surface area contributed by atoms with Crippen LogP contribution in [-0.2, 0) is 22.6 Å². The Morgan fingerprint density at radius 2 is 1.91 bits per heavy atom. The van der Waals surface area contributed by atoms with Crippen LogP contribution in [0.15, 0.2) is 47.3 Å². The van der Waals surface area contributed by atoms with Crippen LogP contribution in [0, 0.1) is 11.7 Å². The average molecular weight is 438 g/mol. The number of nitrogens with one attached hydrogen (secondary N) is 1. The monoisotopic (exact) mass is 437 g/mol. The van der Waals surface area contributed by atoms with E-state index in [0.717, 1.165) is 17.7 Å². The Balaban J connectivity index is 1.27. The number of hydrogen-bond donors (Lipinski definition) is 1. The number of rotatable bonds is 5. The molecule has 32 heavy (non-hydrogen) atoms. The van der Waals surface area contributed by atoms with Crippen LogP contribution in [-0.4, -0.2) is 39.9 Å². The molecule has 2 amide bonds. The van der Waals surface area contributed by atoms with E-state index in [9.17, 15) is 18.8 Å². The number of pyridine rings is 1. The van der Waals surface area contributed by atoms with Gasteiger partial charge in [0, 0.05) is 55.7 Å². The first-order chi connectivity index (χ1) is 15.4. The van der Waals surface area contributed by atoms with E-state index in [1.54, 1.807) is 24.3 Å². The minimum atomic E-state index is -0.462. The Hall–Kier alpha value is -2.96. The van der Waals surface area contributed by atoms with Crippen molar-refractivity contribution in [2.75, 3.05) is 13.1 Å². The molecule has 3 aliphatic rings. The summed E-state index contributed by atoms with van der Waals surface area (Å²) in [4.78, 5) is 39.4. The van der Waals surface area contributed by atoms with Crippen molar-refractivity contribution in [3.63, 3.8) is 0 Å². The fourth-order valence-corrected chi connectivity index (χ4v) is 5.78. The molecule has 2 fully saturated rings. The highest BCUT2D eigenvalue weighted by molar-refractivity contribution is 5.80. The number of halogens is 1. The van der Waals surface area contributed by atoms with E-state index < -0.39 is 5.54 Å². The molecule has 5 rings (SSSR count). The maximum Gasteiger partial charge on any atom is 0.250 e. The van der Waals surface area contributed by atoms with Crippen molar-refractivity contribution >= 4 is 11.8 Å². The summed E-state index contributed by atoms with van der Waals surface area (Å²) in [5, 5.41) is 3.11. The first-order valence-corrected chi connectivity index (χ1v) is 11.4. The summed E-state index contributed by atoms with van der Waals surface area (Å²) in [6, 6.07) is 11.8. The smallest absolute Gasteiger partial charge is 0.250 e. The van der Waals surface area contributed by atoms with Gasteiger partial charge in [0.05, 0.1) is 0 Å². The quantitative estimate of drug-likeness (QED) is 0.782. The van der Waals surface area contributed by atoms with Gasteiger partial charge in [-0.15, -0.1) is 0 Å². The molecule has 1 N–H and O–H groups in total. The molecule has 0 radical (unpaired) electrons. The predicted octanol–water partition coefficient (Wildman–Crippen LogP) is 2.60. The SMILES string of the molecule is O=C1CCC(CCC(=O)N2C[C@@H]3C[C@@H](C2)c2cccc(=O)n2C3)(Cc2ccc(F)cc2)N1. The van der Waals surface area contributed by atoms with Gasteiger partial charge in [-0.1, -0.05) is 18.2 Å². The molecule has 1 aromatic heterocycles. The lowest BCUT2D eigenvalue weighted by Gasteiger charge is -2.43. The molecule has 3 aliphatic heterocycles. The summed E-state index contributed by atoms with van der Waals surface area (Å²) in [5.41, 5.74) is 1.56. The fourth-order valence-electron chi connectivity index (χ4n) is 5.78. The molecular formula is C25H28FN3O3. The third kappa shape index (κ3) is 4.08. The normalized spacial score (nSPS) is 26.5. The third-order valence-electron chi connectivity index (χ3n) is 7.34. The summed E-state index contributed by atoms with van der Waals surface area (Å²) >= 11 is 0. The topological polar surface area (TPSA) is 71.4 Å². The highest BCUT2D eigenvalue weighted by atomic mass is 19.1. The molecule has 4 heterocycles. The lowest BCUT2D eigenvalue weighted by atomic mass is 9.82. The highest BCUT2D eigenvalue weighted by Crippen LogP contribution is 2.36. The molecule has 6 nitrogen and oxygen atoms in total. The molecule has 7 heteroatoms. The van der Waals surface area contributed by atoms with Crippen molar-refractivity contribution in [2.45, 2.75) is 56.5 Å². The van der Waals surface area contributed by atoms with E-state index >= 15 is 0 Å². The standard InChI is InChI=1S/C25H28FN3O3/c26-20-6-4-17(5-7-20)13-25(10-8-22(30)27-25)11-9-23(31)28-14-18-12-19(16-28)21-2-1-3-24(32)29(21)15-18/h1-7,18-19H,8-16H2,(H,27,30)/t18-,19-,25?/m0/s1. The molecule has 2 aromatic rings. The second-order valence-electron chi connectivity index (χ2n) is 9.63. The van der Waals surface area contributed by atoms with Crippen LogP contribution in [0.3, 0.4) is 0 Å². The van der Waals surface area contributed by atoms with Crippen molar-refractivity contribution in [3.8, 4) is 0 Å². The summed E-state index contributed by atoms with van der Waals surface area (Å²) in [5.74, 6) is 0.317. The molecule has 0 aliphatic carbocycles. The van der Waals surface area contributed by atoms with Crippen molar-refractivity contribution in [2.24, 2.45) is 5.92 Å². The zero-order valence-corrected chi connectivity index (χ0v) is 18.1. The van der Waals surface area contributed by atoms with Gasteiger partial charge >= 0.3 is 0 Å². The highest BCUT2D eigenvalue weighted by Gasteiger charge is 2.40. The number of fused-ring (bicyclic) bond motifs is 4. The number of carbonyl (C=O) groups excluding carboxylic acids is 2. The Labute approximate surface area is 186 Å². The molecular weight excluding hydrogens is 409 g/mol. The Bertz CT molecular complexity index is 1100. The van der Waals surface area contributed by atoms with E-state index in [-0.39, 0.29) is 29.1 Å². The van der Waals surface area contributed by atoms with E-state index in [0.29, 0.717) is 57.7 Å². The van der Waals surface area contributed by atoms with Crippen LogP contribution in [0.1, 0.15) is 49.3 Å². The number of hydrogen-bond acceptors (Lipinski definition) is 3. The Morgan fingerprint density at radius 1 is 1.09 bits per heavy atom. The van der Waals surface area contributed by atoms with Gasteiger partial charge in [-0.3, -0.25) is 14.4 Å². The number of benzene rings is 1. The van der Waals surface area contributed by atoms with E-state index in [2.05, 4.69) is 5.32 Å². The van der Waals surface area contributed by atoms with Crippen LogP contribution in [0.4, 0.5) is 4.39 Å². The lowest BCUT2D eigenvalue weighted by Crippen LogP contribution is -2.50. The number of aromatic nitrogens is 1. The maximum absolute atomic E-state index is 13.3. The van der Waals surface area contributed by atoms with E-state index in [4.69, 9.17) is 0 Å². The molecule has 168 valence electrons. The first-order valence-electron chi connectivity index (χ1n) is 11.4. The molecule has 0 saturated carbocycles. The van der Waals surface area contributed by atoms with Crippen molar-refractivity contribution in [1.29, 1.82) is 0 Å². The fraction of sp³-hybridized carbons (Fsp3) is 0.480. The zero-order chi connectivity index (χ0) is 22.3. The van der Waals surface area contributed by atoms with Crippen molar-refractivity contribution in [3.05, 3.63) is 69.9 Å². The average Bonchev–Trinajstić information content (AvgIpc) is 3.15. The minimum absolute atomic E-state index is 0.00844. The summed E-state index contributed by atoms with van der Waals surface area (Å²) in [6.07, 6.45) is 3.66. The lowest BCUT2D eigenvalue weighted by molar-refractivity contribution is -0.134. The molecule has 0 spiro atoms. The van der Waals surface area contributed by atoms with E-state index in [1.807, 2.05) is 15.5 Å². The summed E-state index contributed by atoms with van der Waals surface area (Å²) in [7, 11) is 0. The molecule has 3 atom stereocenters. The zero-order valence-electron chi connectivity index (χ0n) is 18.1. The molecule has 2 saturated heterocycles. The number of carbonyl (C=O) groups is 2. The largest absolute Gasteiger partial charge is 0.350 e. The van der Waals surface area contributed by atoms with Crippen LogP contribution in [0.25, 0.3) is 0 Å². The molecule has 1 aromatic carbocycles. The maximum atomic E-state index is 13.3.